The third kappa shape index (κ3) is 6.54. The van der Waals surface area contributed by atoms with Gasteiger partial charge in [-0.2, -0.15) is 18.5 Å². The summed E-state index contributed by atoms with van der Waals surface area (Å²) in [4.78, 5) is 39.4. The average Bonchev–Trinajstić information content (AvgIpc) is 3.00. The summed E-state index contributed by atoms with van der Waals surface area (Å²) in [5.41, 5.74) is 1.87. The van der Waals surface area contributed by atoms with E-state index >= 15 is 4.39 Å². The van der Waals surface area contributed by atoms with E-state index in [1.807, 2.05) is 24.8 Å². The summed E-state index contributed by atoms with van der Waals surface area (Å²) in [6, 6.07) is 5.07. The Bertz CT molecular complexity index is 1700. The molecule has 0 saturated carbocycles. The number of halogens is 4. The SMILES string of the molecule is C=CC(=O)N1CCN(c2nc(=O)n3c4c(c(-c5ccc(F)cc5F)c(C)cc24)SC[C@@H]3CN2CCN(CC(F)F)CC2)[C@@H](C)C1.S. The van der Waals surface area contributed by atoms with E-state index in [9.17, 15) is 22.8 Å². The summed E-state index contributed by atoms with van der Waals surface area (Å²) >= 11 is 1.54. The van der Waals surface area contributed by atoms with Crippen molar-refractivity contribution in [3.8, 4) is 11.1 Å². The molecular weight excluding hydrogens is 641 g/mol. The van der Waals surface area contributed by atoms with Gasteiger partial charge in [0.2, 0.25) is 5.91 Å². The molecule has 3 aliphatic rings. The van der Waals surface area contributed by atoms with Crippen LogP contribution in [-0.2, 0) is 4.79 Å². The number of thioether (sulfide) groups is 1. The first-order valence-electron chi connectivity index (χ1n) is 15.1. The second-order valence-corrected chi connectivity index (χ2v) is 13.0. The maximum absolute atomic E-state index is 15.2. The van der Waals surface area contributed by atoms with E-state index in [4.69, 9.17) is 0 Å². The van der Waals surface area contributed by atoms with Crippen molar-refractivity contribution in [2.24, 2.45) is 0 Å². The van der Waals surface area contributed by atoms with Gasteiger partial charge in [0.15, 0.2) is 0 Å². The van der Waals surface area contributed by atoms with Gasteiger partial charge in [-0.05, 0) is 43.7 Å². The number of benzene rings is 2. The molecule has 0 bridgehead atoms. The fraction of sp³-hybridized carbons (Fsp3) is 0.469. The van der Waals surface area contributed by atoms with Crippen molar-refractivity contribution in [3.63, 3.8) is 0 Å². The van der Waals surface area contributed by atoms with Crippen LogP contribution in [0.5, 0.6) is 0 Å². The van der Waals surface area contributed by atoms with Gasteiger partial charge in [-0.15, -0.1) is 11.8 Å². The molecule has 248 valence electrons. The Hall–Kier alpha value is -3.07. The first kappa shape index (κ1) is 34.3. The number of carbonyl (C=O) groups is 1. The highest BCUT2D eigenvalue weighted by Gasteiger charge is 2.34. The van der Waals surface area contributed by atoms with Crippen LogP contribution in [0.25, 0.3) is 22.0 Å². The van der Waals surface area contributed by atoms with Crippen molar-refractivity contribution in [1.29, 1.82) is 0 Å². The summed E-state index contributed by atoms with van der Waals surface area (Å²) in [6.45, 7) is 11.4. The van der Waals surface area contributed by atoms with Gasteiger partial charge in [0.25, 0.3) is 6.43 Å². The van der Waals surface area contributed by atoms with Crippen LogP contribution in [0.2, 0.25) is 0 Å². The summed E-state index contributed by atoms with van der Waals surface area (Å²) in [7, 11) is 0. The van der Waals surface area contributed by atoms with Crippen LogP contribution in [0, 0.1) is 18.6 Å². The highest BCUT2D eigenvalue weighted by Crippen LogP contribution is 2.46. The first-order valence-corrected chi connectivity index (χ1v) is 16.1. The van der Waals surface area contributed by atoms with E-state index in [-0.39, 0.29) is 43.6 Å². The van der Waals surface area contributed by atoms with Crippen LogP contribution in [0.4, 0.5) is 23.4 Å². The molecule has 0 aliphatic carbocycles. The van der Waals surface area contributed by atoms with E-state index in [1.54, 1.807) is 26.1 Å². The minimum atomic E-state index is -2.38. The lowest BCUT2D eigenvalue weighted by molar-refractivity contribution is -0.126. The lowest BCUT2D eigenvalue weighted by atomic mass is 9.96. The molecule has 8 nitrogen and oxygen atoms in total. The van der Waals surface area contributed by atoms with E-state index in [2.05, 4.69) is 16.5 Å². The van der Waals surface area contributed by atoms with Gasteiger partial charge < -0.3 is 9.80 Å². The van der Waals surface area contributed by atoms with Gasteiger partial charge in [0.05, 0.1) is 18.1 Å². The summed E-state index contributed by atoms with van der Waals surface area (Å²) in [5.74, 6) is -0.462. The Morgan fingerprint density at radius 3 is 2.48 bits per heavy atom. The molecule has 14 heteroatoms. The number of amides is 1. The van der Waals surface area contributed by atoms with Gasteiger partial charge in [-0.3, -0.25) is 19.2 Å². The number of hydrogen-bond donors (Lipinski definition) is 0. The normalized spacial score (nSPS) is 20.7. The number of aryl methyl sites for hydroxylation is 1. The van der Waals surface area contributed by atoms with Crippen LogP contribution in [-0.4, -0.2) is 107 Å². The molecule has 2 aromatic carbocycles. The van der Waals surface area contributed by atoms with Crippen LogP contribution < -0.4 is 10.6 Å². The van der Waals surface area contributed by atoms with Gasteiger partial charge >= 0.3 is 5.69 Å². The Morgan fingerprint density at radius 1 is 1.11 bits per heavy atom. The molecule has 0 radical (unpaired) electrons. The van der Waals surface area contributed by atoms with Gasteiger partial charge in [0, 0.05) is 91.6 Å². The number of aromatic nitrogens is 2. The number of carbonyl (C=O) groups excluding carboxylic acids is 1. The minimum absolute atomic E-state index is 0. The van der Waals surface area contributed by atoms with Crippen LogP contribution >= 0.6 is 25.3 Å². The van der Waals surface area contributed by atoms with Gasteiger partial charge in [-0.25, -0.2) is 22.4 Å². The monoisotopic (exact) mass is 678 g/mol. The van der Waals surface area contributed by atoms with Crippen molar-refractivity contribution >= 4 is 47.9 Å². The first-order chi connectivity index (χ1) is 21.5. The maximum Gasteiger partial charge on any atom is 0.350 e. The molecule has 0 N–H and O–H groups in total. The van der Waals surface area contributed by atoms with Crippen LogP contribution in [0.1, 0.15) is 18.5 Å². The third-order valence-corrected chi connectivity index (χ3v) is 10.3. The van der Waals surface area contributed by atoms with Crippen molar-refractivity contribution in [2.45, 2.75) is 37.3 Å². The molecule has 3 aromatic rings. The van der Waals surface area contributed by atoms with Crippen LogP contribution in [0.15, 0.2) is 46.6 Å². The number of hydrogen-bond acceptors (Lipinski definition) is 7. The molecule has 4 heterocycles. The van der Waals surface area contributed by atoms with E-state index < -0.39 is 23.7 Å². The second-order valence-electron chi connectivity index (χ2n) is 12.0. The Labute approximate surface area is 276 Å². The van der Waals surface area contributed by atoms with Crippen molar-refractivity contribution in [1.82, 2.24) is 24.3 Å². The third-order valence-electron chi connectivity index (χ3n) is 9.04. The Kier molecular flexibility index (Phi) is 10.4. The number of piperazine rings is 2. The highest BCUT2D eigenvalue weighted by molar-refractivity contribution is 7.99. The molecule has 0 unspecified atom stereocenters. The zero-order valence-corrected chi connectivity index (χ0v) is 27.6. The average molecular weight is 679 g/mol. The van der Waals surface area contributed by atoms with Crippen LogP contribution in [0.3, 0.4) is 0 Å². The Morgan fingerprint density at radius 2 is 1.83 bits per heavy atom. The van der Waals surface area contributed by atoms with Crippen molar-refractivity contribution in [2.75, 3.05) is 69.6 Å². The molecular formula is C32H38F4N6O2S2. The fourth-order valence-corrected chi connectivity index (χ4v) is 8.22. The lowest BCUT2D eigenvalue weighted by Crippen LogP contribution is -2.54. The number of nitrogens with zero attached hydrogens (tertiary/aromatic N) is 6. The summed E-state index contributed by atoms with van der Waals surface area (Å²) < 4.78 is 56.7. The molecule has 1 amide bonds. The standard InChI is InChI=1S/C32H36F4N6O2S.H2S/c1-4-27(43)40-11-12-41(20(3)15-40)31-24-13-19(2)28(23-6-5-21(33)14-25(23)34)30-29(24)42(32(44)37-31)22(18-45-30)16-38-7-9-39(10-8-38)17-26(35)36;/h4-6,13-14,20,22,26H,1,7-12,15-18H2,2-3H3;1H2/t20-,22-;/m0./s1. The van der Waals surface area contributed by atoms with E-state index in [0.29, 0.717) is 75.0 Å². The molecule has 0 spiro atoms. The van der Waals surface area contributed by atoms with Gasteiger partial charge in [0.1, 0.15) is 17.5 Å². The number of rotatable bonds is 7. The summed E-state index contributed by atoms with van der Waals surface area (Å²) in [5, 5.41) is 0.752. The molecule has 1 aromatic heterocycles. The topological polar surface area (TPSA) is 64.9 Å². The molecule has 2 fully saturated rings. The second kappa shape index (κ2) is 14.0. The number of alkyl halides is 2. The smallest absolute Gasteiger partial charge is 0.350 e. The lowest BCUT2D eigenvalue weighted by Gasteiger charge is -2.41. The largest absolute Gasteiger partial charge is 0.350 e. The summed E-state index contributed by atoms with van der Waals surface area (Å²) in [6.07, 6.45) is -1.08. The minimum Gasteiger partial charge on any atom is -0.350 e. The fourth-order valence-electron chi connectivity index (χ4n) is 6.85. The quantitative estimate of drug-likeness (QED) is 0.269. The van der Waals surface area contributed by atoms with Gasteiger partial charge in [-0.1, -0.05) is 6.58 Å². The number of anilines is 1. The molecule has 6 rings (SSSR count). The van der Waals surface area contributed by atoms with Crippen molar-refractivity contribution < 1.29 is 22.4 Å². The predicted octanol–water partition coefficient (Wildman–Crippen LogP) is 4.52. The Balaban J connectivity index is 0.00000417. The molecule has 2 saturated heterocycles. The predicted molar refractivity (Wildman–Crippen MR) is 179 cm³/mol. The zero-order valence-electron chi connectivity index (χ0n) is 25.8. The van der Waals surface area contributed by atoms with E-state index in [1.165, 1.54) is 18.2 Å². The molecule has 2 atom stereocenters. The molecule has 46 heavy (non-hydrogen) atoms. The van der Waals surface area contributed by atoms with Crippen molar-refractivity contribution in [3.05, 3.63) is 64.6 Å². The maximum atomic E-state index is 15.2. The van der Waals surface area contributed by atoms with E-state index in [0.717, 1.165) is 21.9 Å². The highest BCUT2D eigenvalue weighted by atomic mass is 32.2. The molecule has 3 aliphatic heterocycles. The zero-order chi connectivity index (χ0) is 32.0.